The molecule has 0 saturated heterocycles. The van der Waals surface area contributed by atoms with Gasteiger partial charge in [0.1, 0.15) is 0 Å². The monoisotopic (exact) mass is 492 g/mol. The Balaban J connectivity index is -0.000000396. The first-order valence-electron chi connectivity index (χ1n) is 10.5. The van der Waals surface area contributed by atoms with Crippen molar-refractivity contribution >= 4 is 23.9 Å². The van der Waals surface area contributed by atoms with Crippen LogP contribution in [0, 0.1) is 0 Å². The molecule has 0 fully saturated rings. The Morgan fingerprint density at radius 2 is 0.882 bits per heavy atom. The number of aliphatic hydroxyl groups is 4. The highest BCUT2D eigenvalue weighted by Gasteiger charge is 2.05. The Bertz CT molecular complexity index is 625. The van der Waals surface area contributed by atoms with Crippen LogP contribution in [0.5, 0.6) is 0 Å². The van der Waals surface area contributed by atoms with Crippen molar-refractivity contribution in [2.75, 3.05) is 0 Å². The van der Waals surface area contributed by atoms with Gasteiger partial charge in [-0.15, -0.1) is 0 Å². The highest BCUT2D eigenvalue weighted by molar-refractivity contribution is 5.91. The molecular formula is C22H36O12. The maximum Gasteiger partial charge on any atom is 0.335 e. The average Bonchev–Trinajstić information content (AvgIpc) is 2.72. The number of unbranched alkanes of at least 4 members (excludes halogenated alkanes) is 1. The molecule has 12 nitrogen and oxygen atoms in total. The van der Waals surface area contributed by atoms with Crippen LogP contribution in [0.15, 0.2) is 24.3 Å². The number of aromatic carboxylic acids is 2. The van der Waals surface area contributed by atoms with E-state index in [0.29, 0.717) is 25.7 Å². The molecule has 196 valence electrons. The van der Waals surface area contributed by atoms with Crippen LogP contribution in [0.4, 0.5) is 0 Å². The molecule has 0 aromatic heterocycles. The standard InChI is InChI=1S/C8H6O4.C6H10O4.2C4H10O2/c9-7(10)5-1-2-6(4-3-5)8(11)12;7-5(8)3-1-2-4-6(9)10;2*1-2-3-4(5)6/h1-4H,(H,9,10)(H,11,12);1-4H2,(H,7,8)(H,9,10);2*4-6H,2-3H2,1H3. The van der Waals surface area contributed by atoms with Crippen LogP contribution in [-0.4, -0.2) is 77.3 Å². The van der Waals surface area contributed by atoms with Gasteiger partial charge in [0, 0.05) is 12.8 Å². The summed E-state index contributed by atoms with van der Waals surface area (Å²) in [6.45, 7) is 3.80. The lowest BCUT2D eigenvalue weighted by molar-refractivity contribution is -0.139. The van der Waals surface area contributed by atoms with Crippen molar-refractivity contribution in [2.24, 2.45) is 0 Å². The van der Waals surface area contributed by atoms with Crippen LogP contribution < -0.4 is 0 Å². The molecule has 0 unspecified atom stereocenters. The van der Waals surface area contributed by atoms with E-state index in [9.17, 15) is 19.2 Å². The van der Waals surface area contributed by atoms with Crippen molar-refractivity contribution in [3.63, 3.8) is 0 Å². The fourth-order valence-corrected chi connectivity index (χ4v) is 1.82. The van der Waals surface area contributed by atoms with Crippen LogP contribution in [0.2, 0.25) is 0 Å². The third-order valence-corrected chi connectivity index (χ3v) is 3.50. The molecule has 0 heterocycles. The Hall–Kier alpha value is -3.06. The van der Waals surface area contributed by atoms with Gasteiger partial charge in [-0.2, -0.15) is 0 Å². The lowest BCUT2D eigenvalue weighted by atomic mass is 10.1. The second-order valence-corrected chi connectivity index (χ2v) is 6.72. The van der Waals surface area contributed by atoms with Gasteiger partial charge in [-0.25, -0.2) is 9.59 Å². The third-order valence-electron chi connectivity index (χ3n) is 3.50. The molecule has 1 rings (SSSR count). The Labute approximate surface area is 197 Å². The lowest BCUT2D eigenvalue weighted by Gasteiger charge is -1.94. The second-order valence-electron chi connectivity index (χ2n) is 6.72. The molecule has 1 aromatic carbocycles. The van der Waals surface area contributed by atoms with Gasteiger partial charge in [-0.3, -0.25) is 9.59 Å². The van der Waals surface area contributed by atoms with E-state index in [2.05, 4.69) is 0 Å². The normalized spacial score (nSPS) is 9.53. The van der Waals surface area contributed by atoms with Crippen LogP contribution in [0.25, 0.3) is 0 Å². The number of carbonyl (C=O) groups is 4. The number of aliphatic carboxylic acids is 2. The SMILES string of the molecule is CCCC(O)O.CCCC(O)O.O=C(O)CCCCC(=O)O.O=C(O)c1ccc(C(=O)O)cc1. The summed E-state index contributed by atoms with van der Waals surface area (Å²) in [7, 11) is 0. The number of carboxylic acids is 4. The molecule has 8 N–H and O–H groups in total. The van der Waals surface area contributed by atoms with E-state index >= 15 is 0 Å². The summed E-state index contributed by atoms with van der Waals surface area (Å²) in [6.07, 6.45) is 1.45. The number of aliphatic hydroxyl groups excluding tert-OH is 2. The molecule has 12 heteroatoms. The fourth-order valence-electron chi connectivity index (χ4n) is 1.82. The van der Waals surface area contributed by atoms with E-state index in [-0.39, 0.29) is 24.0 Å². The van der Waals surface area contributed by atoms with Crippen molar-refractivity contribution in [1.29, 1.82) is 0 Å². The molecule has 34 heavy (non-hydrogen) atoms. The van der Waals surface area contributed by atoms with E-state index in [0.717, 1.165) is 12.8 Å². The molecule has 0 aliphatic heterocycles. The van der Waals surface area contributed by atoms with E-state index in [4.69, 9.17) is 40.9 Å². The van der Waals surface area contributed by atoms with Crippen molar-refractivity contribution in [3.8, 4) is 0 Å². The minimum absolute atomic E-state index is 0.0628. The highest BCUT2D eigenvalue weighted by atomic mass is 16.5. The van der Waals surface area contributed by atoms with Crippen LogP contribution in [-0.2, 0) is 9.59 Å². The third kappa shape index (κ3) is 28.9. The van der Waals surface area contributed by atoms with Gasteiger partial charge in [0.05, 0.1) is 11.1 Å². The predicted octanol–water partition coefficient (Wildman–Crippen LogP) is 1.99. The summed E-state index contributed by atoms with van der Waals surface area (Å²) in [5.74, 6) is -3.87. The summed E-state index contributed by atoms with van der Waals surface area (Å²) in [5.41, 5.74) is 0.167. The number of benzene rings is 1. The maximum atomic E-state index is 10.3. The molecule has 0 spiro atoms. The molecule has 0 amide bonds. The minimum atomic E-state index is -1.10. The number of carboxylic acid groups (broad SMARTS) is 4. The van der Waals surface area contributed by atoms with Crippen molar-refractivity contribution in [3.05, 3.63) is 35.4 Å². The second kappa shape index (κ2) is 23.1. The Morgan fingerprint density at radius 1 is 0.618 bits per heavy atom. The first-order valence-corrected chi connectivity index (χ1v) is 10.5. The average molecular weight is 493 g/mol. The summed E-state index contributed by atoms with van der Waals surface area (Å²) in [5, 5.41) is 65.6. The van der Waals surface area contributed by atoms with Crippen LogP contribution in [0.3, 0.4) is 0 Å². The zero-order valence-corrected chi connectivity index (χ0v) is 19.3. The van der Waals surface area contributed by atoms with Gasteiger partial charge in [0.25, 0.3) is 0 Å². The zero-order chi connectivity index (χ0) is 27.1. The predicted molar refractivity (Wildman–Crippen MR) is 120 cm³/mol. The molecule has 0 radical (unpaired) electrons. The molecule has 0 aliphatic rings. The van der Waals surface area contributed by atoms with Crippen molar-refractivity contribution < 1.29 is 60.0 Å². The number of hydrogen-bond acceptors (Lipinski definition) is 8. The fraction of sp³-hybridized carbons (Fsp3) is 0.545. The topological polar surface area (TPSA) is 230 Å². The van der Waals surface area contributed by atoms with Gasteiger partial charge in [0.15, 0.2) is 12.6 Å². The first-order chi connectivity index (χ1) is 15.8. The van der Waals surface area contributed by atoms with Gasteiger partial charge >= 0.3 is 23.9 Å². The summed E-state index contributed by atoms with van der Waals surface area (Å²) in [4.78, 5) is 40.5. The number of hydrogen-bond donors (Lipinski definition) is 8. The van der Waals surface area contributed by atoms with Gasteiger partial charge < -0.3 is 40.9 Å². The maximum absolute atomic E-state index is 10.3. The molecule has 0 aliphatic carbocycles. The van der Waals surface area contributed by atoms with E-state index in [1.807, 2.05) is 13.8 Å². The number of rotatable bonds is 11. The quantitative estimate of drug-likeness (QED) is 0.164. The van der Waals surface area contributed by atoms with Gasteiger partial charge in [0.2, 0.25) is 0 Å². The summed E-state index contributed by atoms with van der Waals surface area (Å²) >= 11 is 0. The van der Waals surface area contributed by atoms with Gasteiger partial charge in [-0.1, -0.05) is 26.7 Å². The zero-order valence-electron chi connectivity index (χ0n) is 19.3. The van der Waals surface area contributed by atoms with E-state index in [1.165, 1.54) is 24.3 Å². The van der Waals surface area contributed by atoms with Gasteiger partial charge in [-0.05, 0) is 49.9 Å². The van der Waals surface area contributed by atoms with Crippen molar-refractivity contribution in [1.82, 2.24) is 0 Å². The molecular weight excluding hydrogens is 456 g/mol. The highest BCUT2D eigenvalue weighted by Crippen LogP contribution is 2.03. The molecule has 0 bridgehead atoms. The van der Waals surface area contributed by atoms with E-state index < -0.39 is 36.5 Å². The van der Waals surface area contributed by atoms with Crippen LogP contribution in [0.1, 0.15) is 85.9 Å². The molecule has 0 atom stereocenters. The van der Waals surface area contributed by atoms with E-state index in [1.54, 1.807) is 0 Å². The Morgan fingerprint density at radius 3 is 1.00 bits per heavy atom. The van der Waals surface area contributed by atoms with Crippen molar-refractivity contribution in [2.45, 2.75) is 77.8 Å². The first kappa shape index (κ1) is 35.5. The smallest absolute Gasteiger partial charge is 0.335 e. The molecule has 0 saturated carbocycles. The lowest BCUT2D eigenvalue weighted by Crippen LogP contribution is -2.01. The molecule has 1 aromatic rings. The summed E-state index contributed by atoms with van der Waals surface area (Å²) < 4.78 is 0. The van der Waals surface area contributed by atoms with Crippen LogP contribution >= 0.6 is 0 Å². The minimum Gasteiger partial charge on any atom is -0.481 e. The largest absolute Gasteiger partial charge is 0.481 e. The summed E-state index contributed by atoms with van der Waals surface area (Å²) in [6, 6.07) is 5.02. The Kier molecular flexibility index (Phi) is 24.1.